The molecule has 1 amide bonds. The van der Waals surface area contributed by atoms with Gasteiger partial charge in [-0.05, 0) is 36.4 Å². The molecule has 0 fully saturated rings. The van der Waals surface area contributed by atoms with Crippen molar-refractivity contribution in [3.63, 3.8) is 0 Å². The summed E-state index contributed by atoms with van der Waals surface area (Å²) < 4.78 is 61.1. The molecule has 0 saturated carbocycles. The van der Waals surface area contributed by atoms with Crippen LogP contribution in [0.4, 0.5) is 18.9 Å². The van der Waals surface area contributed by atoms with E-state index in [-0.39, 0.29) is 28.7 Å². The number of amides is 1. The summed E-state index contributed by atoms with van der Waals surface area (Å²) in [6, 6.07) is 14.2. The number of allylic oxidation sites excluding steroid dienone is 1. The molecule has 3 aromatic carbocycles. The number of ether oxygens (including phenoxy) is 4. The third kappa shape index (κ3) is 5.12. The van der Waals surface area contributed by atoms with Crippen LogP contribution in [-0.2, 0) is 11.0 Å². The number of Topliss-reactive ketones (excluding diaryl/α,β-unsaturated/α-hetero) is 1. The number of fused-ring (bicyclic) bond motifs is 1. The highest BCUT2D eigenvalue weighted by molar-refractivity contribution is 6.14. The zero-order chi connectivity index (χ0) is 25.9. The maximum atomic E-state index is 13.1. The fourth-order valence-corrected chi connectivity index (χ4v) is 3.60. The quantitative estimate of drug-likeness (QED) is 0.441. The van der Waals surface area contributed by atoms with Crippen LogP contribution >= 0.6 is 0 Å². The molecule has 0 aliphatic carbocycles. The summed E-state index contributed by atoms with van der Waals surface area (Å²) in [6.07, 6.45) is -3.09. The van der Waals surface area contributed by atoms with Gasteiger partial charge in [0.1, 0.15) is 11.5 Å². The van der Waals surface area contributed by atoms with Crippen molar-refractivity contribution in [3.05, 3.63) is 83.1 Å². The monoisotopic (exact) mass is 499 g/mol. The minimum atomic E-state index is -4.62. The normalized spacial score (nSPS) is 13.7. The third-order valence-corrected chi connectivity index (χ3v) is 5.24. The van der Waals surface area contributed by atoms with Gasteiger partial charge in [0.2, 0.25) is 5.78 Å². The first-order valence-electron chi connectivity index (χ1n) is 10.6. The van der Waals surface area contributed by atoms with Crippen LogP contribution in [0.25, 0.3) is 6.08 Å². The van der Waals surface area contributed by atoms with Gasteiger partial charge in [0.15, 0.2) is 23.9 Å². The molecule has 1 heterocycles. The predicted molar refractivity (Wildman–Crippen MR) is 124 cm³/mol. The van der Waals surface area contributed by atoms with E-state index >= 15 is 0 Å². The minimum absolute atomic E-state index is 0.0511. The van der Waals surface area contributed by atoms with Crippen LogP contribution in [0.3, 0.4) is 0 Å². The molecule has 0 aromatic heterocycles. The van der Waals surface area contributed by atoms with Gasteiger partial charge >= 0.3 is 6.18 Å². The number of carbonyl (C=O) groups is 2. The summed E-state index contributed by atoms with van der Waals surface area (Å²) >= 11 is 0. The van der Waals surface area contributed by atoms with Gasteiger partial charge in [-0.2, -0.15) is 13.2 Å². The summed E-state index contributed by atoms with van der Waals surface area (Å²) in [5.74, 6) is 0.242. The maximum absolute atomic E-state index is 13.1. The number of methoxy groups -OCH3 is 2. The molecule has 10 heteroatoms. The summed E-state index contributed by atoms with van der Waals surface area (Å²) in [6.45, 7) is -0.553. The minimum Gasteiger partial charge on any atom is -0.493 e. The smallest absolute Gasteiger partial charge is 0.418 e. The number of rotatable bonds is 7. The number of ketones is 1. The van der Waals surface area contributed by atoms with E-state index in [9.17, 15) is 22.8 Å². The molecule has 0 spiro atoms. The first-order valence-corrected chi connectivity index (χ1v) is 10.6. The lowest BCUT2D eigenvalue weighted by Crippen LogP contribution is -2.22. The van der Waals surface area contributed by atoms with E-state index in [1.807, 2.05) is 0 Å². The molecule has 1 aliphatic rings. The fourth-order valence-electron chi connectivity index (χ4n) is 3.60. The van der Waals surface area contributed by atoms with Crippen LogP contribution in [0.1, 0.15) is 21.5 Å². The highest BCUT2D eigenvalue weighted by Gasteiger charge is 2.33. The second-order valence-electron chi connectivity index (χ2n) is 7.56. The Hall–Kier alpha value is -4.47. The highest BCUT2D eigenvalue weighted by Crippen LogP contribution is 2.38. The van der Waals surface area contributed by atoms with E-state index in [1.54, 1.807) is 18.2 Å². The summed E-state index contributed by atoms with van der Waals surface area (Å²) in [7, 11) is 2.98. The van der Waals surface area contributed by atoms with Gasteiger partial charge in [0.05, 0.1) is 31.0 Å². The molecule has 4 rings (SSSR count). The van der Waals surface area contributed by atoms with Crippen molar-refractivity contribution in [1.29, 1.82) is 0 Å². The molecule has 186 valence electrons. The average molecular weight is 499 g/mol. The number of hydrogen-bond donors (Lipinski definition) is 1. The van der Waals surface area contributed by atoms with Crippen LogP contribution in [0, 0.1) is 0 Å². The van der Waals surface area contributed by atoms with Crippen molar-refractivity contribution >= 4 is 23.5 Å². The van der Waals surface area contributed by atoms with Gasteiger partial charge in [-0.25, -0.2) is 0 Å². The van der Waals surface area contributed by atoms with Gasteiger partial charge in [0, 0.05) is 11.6 Å². The number of halogens is 3. The topological polar surface area (TPSA) is 83.1 Å². The van der Waals surface area contributed by atoms with E-state index in [2.05, 4.69) is 5.32 Å². The van der Waals surface area contributed by atoms with Gasteiger partial charge in [0.25, 0.3) is 5.91 Å². The van der Waals surface area contributed by atoms with Gasteiger partial charge < -0.3 is 24.3 Å². The highest BCUT2D eigenvalue weighted by atomic mass is 19.4. The number of para-hydroxylation sites is 2. The maximum Gasteiger partial charge on any atom is 0.418 e. The largest absolute Gasteiger partial charge is 0.493 e. The molecule has 1 N–H and O–H groups in total. The van der Waals surface area contributed by atoms with E-state index in [1.165, 1.54) is 50.6 Å². The van der Waals surface area contributed by atoms with E-state index in [0.717, 1.165) is 12.1 Å². The van der Waals surface area contributed by atoms with Crippen molar-refractivity contribution in [2.75, 3.05) is 26.1 Å². The van der Waals surface area contributed by atoms with Gasteiger partial charge in [-0.15, -0.1) is 0 Å². The molecule has 7 nitrogen and oxygen atoms in total. The van der Waals surface area contributed by atoms with Crippen molar-refractivity contribution in [2.24, 2.45) is 0 Å². The predicted octanol–water partition coefficient (Wildman–Crippen LogP) is 5.36. The zero-order valence-electron chi connectivity index (χ0n) is 19.1. The molecule has 0 saturated heterocycles. The number of alkyl halides is 3. The molecular weight excluding hydrogens is 479 g/mol. The van der Waals surface area contributed by atoms with Crippen molar-refractivity contribution in [2.45, 2.75) is 6.18 Å². The van der Waals surface area contributed by atoms with Crippen LogP contribution in [-0.4, -0.2) is 32.5 Å². The summed E-state index contributed by atoms with van der Waals surface area (Å²) in [5.41, 5.74) is -0.474. The summed E-state index contributed by atoms with van der Waals surface area (Å²) in [4.78, 5) is 25.0. The molecule has 0 unspecified atom stereocenters. The molecule has 0 radical (unpaired) electrons. The molecular formula is C26H20F3NO6. The number of carbonyl (C=O) groups excluding carboxylic acids is 2. The Balaban J connectivity index is 1.46. The van der Waals surface area contributed by atoms with E-state index in [0.29, 0.717) is 22.6 Å². The lowest BCUT2D eigenvalue weighted by molar-refractivity contribution is -0.137. The SMILES string of the molecule is COc1cccc(/C=C2\Oc3cc(OCC(=O)Nc4ccccc4C(F)(F)F)ccc3C2=O)c1OC. The first kappa shape index (κ1) is 24.6. The Morgan fingerprint density at radius 3 is 2.53 bits per heavy atom. The number of benzene rings is 3. The van der Waals surface area contributed by atoms with Crippen LogP contribution in [0.2, 0.25) is 0 Å². The van der Waals surface area contributed by atoms with E-state index < -0.39 is 24.3 Å². The van der Waals surface area contributed by atoms with Crippen molar-refractivity contribution < 1.29 is 41.7 Å². The molecule has 0 atom stereocenters. The van der Waals surface area contributed by atoms with Crippen molar-refractivity contribution in [3.8, 4) is 23.0 Å². The van der Waals surface area contributed by atoms with Crippen LogP contribution in [0.5, 0.6) is 23.0 Å². The fraction of sp³-hybridized carbons (Fsp3) is 0.154. The zero-order valence-corrected chi connectivity index (χ0v) is 19.1. The summed E-state index contributed by atoms with van der Waals surface area (Å²) in [5, 5.41) is 2.20. The Labute approximate surface area is 204 Å². The van der Waals surface area contributed by atoms with Crippen LogP contribution in [0.15, 0.2) is 66.4 Å². The number of anilines is 1. The average Bonchev–Trinajstić information content (AvgIpc) is 3.16. The number of nitrogens with one attached hydrogen (secondary N) is 1. The first-order chi connectivity index (χ1) is 17.2. The van der Waals surface area contributed by atoms with Gasteiger partial charge in [-0.3, -0.25) is 9.59 Å². The van der Waals surface area contributed by atoms with Crippen LogP contribution < -0.4 is 24.3 Å². The molecule has 0 bridgehead atoms. The second kappa shape index (κ2) is 10.0. The Bertz CT molecular complexity index is 1350. The second-order valence-corrected chi connectivity index (χ2v) is 7.56. The molecule has 3 aromatic rings. The Morgan fingerprint density at radius 1 is 1.03 bits per heavy atom. The third-order valence-electron chi connectivity index (χ3n) is 5.24. The Kier molecular flexibility index (Phi) is 6.86. The standard InChI is InChI=1S/C26H20F3NO6/c1-33-20-9-5-6-15(25(20)34-2)12-22-24(32)17-11-10-16(13-21(17)36-22)35-14-23(31)30-19-8-4-3-7-18(19)26(27,28)29/h3-13H,14H2,1-2H3,(H,30,31)/b22-12-. The molecule has 36 heavy (non-hydrogen) atoms. The molecule has 1 aliphatic heterocycles. The Morgan fingerprint density at radius 2 is 1.81 bits per heavy atom. The lowest BCUT2D eigenvalue weighted by atomic mass is 10.1. The van der Waals surface area contributed by atoms with E-state index in [4.69, 9.17) is 18.9 Å². The number of hydrogen-bond acceptors (Lipinski definition) is 6. The lowest BCUT2D eigenvalue weighted by Gasteiger charge is -2.14. The van der Waals surface area contributed by atoms with Gasteiger partial charge in [-0.1, -0.05) is 24.3 Å². The van der Waals surface area contributed by atoms with Crippen molar-refractivity contribution in [1.82, 2.24) is 0 Å².